The first-order valence-corrected chi connectivity index (χ1v) is 17.1. The third-order valence-electron chi connectivity index (χ3n) is 7.95. The highest BCUT2D eigenvalue weighted by Gasteiger charge is 2.20. The zero-order valence-corrected chi connectivity index (χ0v) is 26.9. The molecule has 0 radical (unpaired) electrons. The predicted octanol–water partition coefficient (Wildman–Crippen LogP) is 10.8. The third kappa shape index (κ3) is 9.83. The SMILES string of the molecule is c1ccc(CCc2ccc(OP(Oc3ccc(CCc4ccccc4)cc3)Oc3ccc(CCc4ccccc4)cc3)cc2)cc1. The Kier molecular flexibility index (Phi) is 11.1. The van der Waals surface area contributed by atoms with Crippen molar-refractivity contribution in [1.29, 1.82) is 0 Å². The van der Waals surface area contributed by atoms with Gasteiger partial charge in [0.2, 0.25) is 0 Å². The zero-order chi connectivity index (χ0) is 31.2. The molecule has 230 valence electrons. The van der Waals surface area contributed by atoms with E-state index >= 15 is 0 Å². The average molecular weight is 623 g/mol. The van der Waals surface area contributed by atoms with Gasteiger partial charge in [-0.25, -0.2) is 0 Å². The van der Waals surface area contributed by atoms with E-state index in [0.29, 0.717) is 17.2 Å². The van der Waals surface area contributed by atoms with Gasteiger partial charge in [0.1, 0.15) is 17.2 Å². The molecule has 0 N–H and O–H groups in total. The maximum atomic E-state index is 6.33. The van der Waals surface area contributed by atoms with Crippen LogP contribution in [0.4, 0.5) is 0 Å². The van der Waals surface area contributed by atoms with Crippen LogP contribution < -0.4 is 13.6 Å². The van der Waals surface area contributed by atoms with E-state index in [1.54, 1.807) is 0 Å². The largest absolute Gasteiger partial charge is 0.530 e. The summed E-state index contributed by atoms with van der Waals surface area (Å²) in [6.45, 7) is 0. The van der Waals surface area contributed by atoms with Crippen molar-refractivity contribution in [2.45, 2.75) is 38.5 Å². The first-order chi connectivity index (χ1) is 22.7. The van der Waals surface area contributed by atoms with E-state index in [-0.39, 0.29) is 0 Å². The number of benzene rings is 6. The smallest absolute Gasteiger partial charge is 0.409 e. The molecule has 0 bridgehead atoms. The van der Waals surface area contributed by atoms with Crippen LogP contribution in [0.5, 0.6) is 17.2 Å². The van der Waals surface area contributed by atoms with Crippen LogP contribution in [0, 0.1) is 0 Å². The Morgan fingerprint density at radius 2 is 0.478 bits per heavy atom. The predicted molar refractivity (Wildman–Crippen MR) is 190 cm³/mol. The van der Waals surface area contributed by atoms with Crippen molar-refractivity contribution in [1.82, 2.24) is 0 Å². The van der Waals surface area contributed by atoms with Gasteiger partial charge in [-0.05, 0) is 108 Å². The lowest BCUT2D eigenvalue weighted by molar-refractivity contribution is 0.388. The molecule has 0 atom stereocenters. The van der Waals surface area contributed by atoms with Gasteiger partial charge in [-0.3, -0.25) is 0 Å². The number of aryl methyl sites for hydroxylation is 6. The highest BCUT2D eigenvalue weighted by molar-refractivity contribution is 7.43. The molecule has 6 aromatic rings. The van der Waals surface area contributed by atoms with Crippen LogP contribution in [-0.2, 0) is 38.5 Å². The molecule has 0 amide bonds. The molecule has 0 heterocycles. The van der Waals surface area contributed by atoms with Crippen LogP contribution in [0.3, 0.4) is 0 Å². The molecule has 0 saturated heterocycles. The summed E-state index contributed by atoms with van der Waals surface area (Å²) >= 11 is 0. The van der Waals surface area contributed by atoms with E-state index < -0.39 is 8.60 Å². The van der Waals surface area contributed by atoms with E-state index in [4.69, 9.17) is 13.6 Å². The molecule has 0 unspecified atom stereocenters. The lowest BCUT2D eigenvalue weighted by atomic mass is 10.0. The first kappa shape index (κ1) is 31.1. The van der Waals surface area contributed by atoms with Crippen LogP contribution >= 0.6 is 8.60 Å². The maximum Gasteiger partial charge on any atom is 0.530 e. The lowest BCUT2D eigenvalue weighted by Crippen LogP contribution is -2.03. The van der Waals surface area contributed by atoms with Crippen molar-refractivity contribution in [3.05, 3.63) is 197 Å². The quantitative estimate of drug-likeness (QED) is 0.107. The summed E-state index contributed by atoms with van der Waals surface area (Å²) in [4.78, 5) is 0. The second-order valence-electron chi connectivity index (χ2n) is 11.4. The van der Waals surface area contributed by atoms with Crippen LogP contribution in [0.15, 0.2) is 164 Å². The van der Waals surface area contributed by atoms with E-state index in [1.807, 2.05) is 36.4 Å². The Hall–Kier alpha value is -4.85. The lowest BCUT2D eigenvalue weighted by Gasteiger charge is -2.18. The summed E-state index contributed by atoms with van der Waals surface area (Å²) in [5.74, 6) is 2.15. The molecule has 0 aliphatic rings. The van der Waals surface area contributed by atoms with Crippen molar-refractivity contribution in [3.63, 3.8) is 0 Å². The molecule has 0 aromatic heterocycles. The van der Waals surface area contributed by atoms with Gasteiger partial charge in [-0.2, -0.15) is 0 Å². The first-order valence-electron chi connectivity index (χ1n) is 16.0. The molecule has 0 aliphatic heterocycles. The molecule has 0 saturated carbocycles. The van der Waals surface area contributed by atoms with Crippen LogP contribution in [0.1, 0.15) is 33.4 Å². The Morgan fingerprint density at radius 3 is 0.717 bits per heavy atom. The summed E-state index contributed by atoms with van der Waals surface area (Å²) in [7, 11) is -1.75. The fraction of sp³-hybridized carbons (Fsp3) is 0.143. The van der Waals surface area contributed by atoms with Crippen LogP contribution in [0.25, 0.3) is 0 Å². The summed E-state index contributed by atoms with van der Waals surface area (Å²) < 4.78 is 19.0. The molecular weight excluding hydrogens is 583 g/mol. The monoisotopic (exact) mass is 622 g/mol. The van der Waals surface area contributed by atoms with Crippen LogP contribution in [-0.4, -0.2) is 0 Å². The minimum absolute atomic E-state index is 0.716. The van der Waals surface area contributed by atoms with Gasteiger partial charge in [0.25, 0.3) is 0 Å². The molecule has 46 heavy (non-hydrogen) atoms. The van der Waals surface area contributed by atoms with E-state index in [1.165, 1.54) is 33.4 Å². The molecular formula is C42H39O3P. The summed E-state index contributed by atoms with van der Waals surface area (Å²) in [6, 6.07) is 56.5. The van der Waals surface area contributed by atoms with Crippen molar-refractivity contribution in [2.24, 2.45) is 0 Å². The summed E-state index contributed by atoms with van der Waals surface area (Å²) in [5.41, 5.74) is 7.81. The van der Waals surface area contributed by atoms with Crippen molar-refractivity contribution < 1.29 is 13.6 Å². The van der Waals surface area contributed by atoms with Gasteiger partial charge < -0.3 is 13.6 Å². The summed E-state index contributed by atoms with van der Waals surface area (Å²) in [6.07, 6.45) is 5.92. The normalized spacial score (nSPS) is 10.9. The van der Waals surface area contributed by atoms with E-state index in [2.05, 4.69) is 127 Å². The van der Waals surface area contributed by atoms with Crippen LogP contribution in [0.2, 0.25) is 0 Å². The van der Waals surface area contributed by atoms with Crippen molar-refractivity contribution in [2.75, 3.05) is 0 Å². The van der Waals surface area contributed by atoms with E-state index in [9.17, 15) is 0 Å². The van der Waals surface area contributed by atoms with Gasteiger partial charge in [0.15, 0.2) is 0 Å². The molecule has 0 aliphatic carbocycles. The third-order valence-corrected chi connectivity index (χ3v) is 9.03. The molecule has 3 nitrogen and oxygen atoms in total. The minimum Gasteiger partial charge on any atom is -0.409 e. The molecule has 6 aromatic carbocycles. The maximum absolute atomic E-state index is 6.33. The molecule has 0 fully saturated rings. The van der Waals surface area contributed by atoms with Gasteiger partial charge >= 0.3 is 8.60 Å². The number of hydrogen-bond acceptors (Lipinski definition) is 3. The zero-order valence-electron chi connectivity index (χ0n) is 26.0. The highest BCUT2D eigenvalue weighted by atomic mass is 31.2. The Bertz CT molecular complexity index is 1510. The minimum atomic E-state index is -1.75. The second kappa shape index (κ2) is 16.5. The molecule has 0 spiro atoms. The Balaban J connectivity index is 1.10. The standard InChI is InChI=1S/C42H39O3P/c1-4-10-34(11-5-1)16-19-37-22-28-40(29-23-37)43-46(44-41-30-24-38(25-31-41)20-17-35-12-6-2-7-13-35)45-42-32-26-39(27-33-42)21-18-36-14-8-3-9-15-36/h1-15,22-33H,16-21H2. The second-order valence-corrected chi connectivity index (χ2v) is 12.4. The van der Waals surface area contributed by atoms with Gasteiger partial charge in [-0.15, -0.1) is 0 Å². The number of hydrogen-bond donors (Lipinski definition) is 0. The Morgan fingerprint density at radius 1 is 0.261 bits per heavy atom. The summed E-state index contributed by atoms with van der Waals surface area (Å²) in [5, 5.41) is 0. The van der Waals surface area contributed by atoms with E-state index in [0.717, 1.165) is 38.5 Å². The molecule has 4 heteroatoms. The van der Waals surface area contributed by atoms with Gasteiger partial charge in [0.05, 0.1) is 0 Å². The van der Waals surface area contributed by atoms with Gasteiger partial charge in [0, 0.05) is 0 Å². The topological polar surface area (TPSA) is 27.7 Å². The molecule has 6 rings (SSSR count). The fourth-order valence-corrected chi connectivity index (χ4v) is 6.26. The van der Waals surface area contributed by atoms with Crippen molar-refractivity contribution in [3.8, 4) is 17.2 Å². The van der Waals surface area contributed by atoms with Crippen molar-refractivity contribution >= 4 is 8.60 Å². The number of rotatable bonds is 15. The fourth-order valence-electron chi connectivity index (χ4n) is 5.27. The highest BCUT2D eigenvalue weighted by Crippen LogP contribution is 2.42. The average Bonchev–Trinajstić information content (AvgIpc) is 3.12. The van der Waals surface area contributed by atoms with Gasteiger partial charge in [-0.1, -0.05) is 127 Å². The Labute approximate surface area is 274 Å².